The van der Waals surface area contributed by atoms with E-state index in [1.54, 1.807) is 23.6 Å². The summed E-state index contributed by atoms with van der Waals surface area (Å²) in [6.07, 6.45) is 0. The van der Waals surface area contributed by atoms with Gasteiger partial charge in [-0.15, -0.1) is 11.3 Å². The van der Waals surface area contributed by atoms with Gasteiger partial charge in [-0.1, -0.05) is 18.2 Å². The molecule has 0 spiro atoms. The second kappa shape index (κ2) is 8.30. The first-order valence-electron chi connectivity index (χ1n) is 7.47. The molecule has 1 aromatic heterocycles. The van der Waals surface area contributed by atoms with Crippen LogP contribution in [0.25, 0.3) is 0 Å². The number of carboxylic acid groups (broad SMARTS) is 1. The van der Waals surface area contributed by atoms with Crippen LogP contribution in [0.2, 0.25) is 0 Å². The molecule has 1 heterocycles. The summed E-state index contributed by atoms with van der Waals surface area (Å²) in [5, 5.41) is 13.3. The van der Waals surface area contributed by atoms with E-state index in [4.69, 9.17) is 4.74 Å². The normalized spacial score (nSPS) is 13.6. The first kappa shape index (κ1) is 19.9. The lowest BCUT2D eigenvalue weighted by molar-refractivity contribution is -0.142. The van der Waals surface area contributed by atoms with Crippen molar-refractivity contribution in [1.29, 1.82) is 0 Å². The Balaban J connectivity index is 2.10. The highest BCUT2D eigenvalue weighted by molar-refractivity contribution is 7.91. The zero-order valence-electron chi connectivity index (χ0n) is 14.0. The molecule has 0 saturated heterocycles. The highest BCUT2D eigenvalue weighted by atomic mass is 32.2. The number of amides is 1. The molecular formula is C16H18N2O6S2. The second-order valence-electron chi connectivity index (χ2n) is 5.33. The van der Waals surface area contributed by atoms with Crippen molar-refractivity contribution < 1.29 is 27.9 Å². The summed E-state index contributed by atoms with van der Waals surface area (Å²) in [4.78, 5) is 23.8. The van der Waals surface area contributed by atoms with Gasteiger partial charge in [0.15, 0.2) is 6.04 Å². The molecule has 8 nitrogen and oxygen atoms in total. The fraction of sp³-hybridized carbons (Fsp3) is 0.250. The van der Waals surface area contributed by atoms with E-state index in [2.05, 4.69) is 10.0 Å². The van der Waals surface area contributed by atoms with E-state index < -0.39 is 34.0 Å². The van der Waals surface area contributed by atoms with E-state index >= 15 is 0 Å². The van der Waals surface area contributed by atoms with Crippen LogP contribution in [0.15, 0.2) is 46.0 Å². The first-order valence-corrected chi connectivity index (χ1v) is 9.84. The standard InChI is InChI=1S/C16H18N2O6S2/c1-10(18-26(22,23)13-4-3-9-25-13)15(19)17-14(16(20)21)11-5-7-12(24-2)8-6-11/h3-10,14,18H,1-2H3,(H,17,19)(H,20,21). The molecule has 2 unspecified atom stereocenters. The van der Waals surface area contributed by atoms with Gasteiger partial charge in [0, 0.05) is 0 Å². The molecule has 10 heteroatoms. The summed E-state index contributed by atoms with van der Waals surface area (Å²) >= 11 is 1.01. The van der Waals surface area contributed by atoms with Gasteiger partial charge in [-0.3, -0.25) is 4.79 Å². The zero-order valence-corrected chi connectivity index (χ0v) is 15.6. The molecule has 0 radical (unpaired) electrons. The third-order valence-electron chi connectivity index (χ3n) is 3.47. The molecule has 3 N–H and O–H groups in total. The lowest BCUT2D eigenvalue weighted by Crippen LogP contribution is -2.47. The molecule has 1 aromatic carbocycles. The Morgan fingerprint density at radius 3 is 2.35 bits per heavy atom. The number of nitrogens with one attached hydrogen (secondary N) is 2. The maximum absolute atomic E-state index is 12.3. The molecule has 0 saturated carbocycles. The maximum Gasteiger partial charge on any atom is 0.330 e. The maximum atomic E-state index is 12.3. The van der Waals surface area contributed by atoms with E-state index in [0.29, 0.717) is 11.3 Å². The van der Waals surface area contributed by atoms with Crippen molar-refractivity contribution in [2.24, 2.45) is 0 Å². The third kappa shape index (κ3) is 4.81. The second-order valence-corrected chi connectivity index (χ2v) is 8.22. The average Bonchev–Trinajstić information content (AvgIpc) is 3.14. The molecular weight excluding hydrogens is 380 g/mol. The number of methoxy groups -OCH3 is 1. The molecule has 0 fully saturated rings. The lowest BCUT2D eigenvalue weighted by atomic mass is 10.1. The fourth-order valence-corrected chi connectivity index (χ4v) is 4.32. The van der Waals surface area contributed by atoms with Gasteiger partial charge in [-0.25, -0.2) is 13.2 Å². The van der Waals surface area contributed by atoms with Crippen molar-refractivity contribution >= 4 is 33.2 Å². The van der Waals surface area contributed by atoms with Crippen molar-refractivity contribution in [2.75, 3.05) is 7.11 Å². The highest BCUT2D eigenvalue weighted by Crippen LogP contribution is 2.19. The van der Waals surface area contributed by atoms with Crippen LogP contribution in [0.4, 0.5) is 0 Å². The summed E-state index contributed by atoms with van der Waals surface area (Å²) in [5.41, 5.74) is 0.333. The molecule has 0 aliphatic carbocycles. The molecule has 1 amide bonds. The number of carboxylic acids is 1. The summed E-state index contributed by atoms with van der Waals surface area (Å²) in [7, 11) is -2.37. The molecule has 0 bridgehead atoms. The third-order valence-corrected chi connectivity index (χ3v) is 6.41. The van der Waals surface area contributed by atoms with Crippen LogP contribution in [-0.2, 0) is 19.6 Å². The van der Waals surface area contributed by atoms with E-state index in [0.717, 1.165) is 11.3 Å². The Kier molecular flexibility index (Phi) is 6.35. The lowest BCUT2D eigenvalue weighted by Gasteiger charge is -2.19. The number of ether oxygens (including phenoxy) is 1. The van der Waals surface area contributed by atoms with Gasteiger partial charge in [0.05, 0.1) is 13.2 Å². The fourth-order valence-electron chi connectivity index (χ4n) is 2.11. The van der Waals surface area contributed by atoms with Crippen molar-refractivity contribution in [3.8, 4) is 5.75 Å². The summed E-state index contributed by atoms with van der Waals surface area (Å²) in [5.74, 6) is -1.48. The number of sulfonamides is 1. The number of hydrogen-bond donors (Lipinski definition) is 3. The predicted molar refractivity (Wildman–Crippen MR) is 95.6 cm³/mol. The molecule has 26 heavy (non-hydrogen) atoms. The molecule has 2 atom stereocenters. The number of hydrogen-bond acceptors (Lipinski definition) is 6. The number of carbonyl (C=O) groups is 2. The van der Waals surface area contributed by atoms with E-state index in [1.165, 1.54) is 32.2 Å². The summed E-state index contributed by atoms with van der Waals surface area (Å²) in [6, 6.07) is 6.69. The van der Waals surface area contributed by atoms with E-state index in [1.807, 2.05) is 0 Å². The Bertz CT molecular complexity index is 863. The van der Waals surface area contributed by atoms with Gasteiger partial charge in [0.25, 0.3) is 10.0 Å². The topological polar surface area (TPSA) is 122 Å². The van der Waals surface area contributed by atoms with Gasteiger partial charge in [-0.2, -0.15) is 4.72 Å². The zero-order chi connectivity index (χ0) is 19.3. The van der Waals surface area contributed by atoms with Crippen LogP contribution in [0.5, 0.6) is 5.75 Å². The van der Waals surface area contributed by atoms with Crippen LogP contribution < -0.4 is 14.8 Å². The van der Waals surface area contributed by atoms with Crippen molar-refractivity contribution in [2.45, 2.75) is 23.2 Å². The average molecular weight is 398 g/mol. The van der Waals surface area contributed by atoms with Gasteiger partial charge in [0.1, 0.15) is 9.96 Å². The summed E-state index contributed by atoms with van der Waals surface area (Å²) in [6.45, 7) is 1.34. The van der Waals surface area contributed by atoms with Crippen LogP contribution >= 0.6 is 11.3 Å². The first-order chi connectivity index (χ1) is 12.2. The monoisotopic (exact) mass is 398 g/mol. The van der Waals surface area contributed by atoms with Gasteiger partial charge >= 0.3 is 5.97 Å². The number of thiophene rings is 1. The van der Waals surface area contributed by atoms with Crippen molar-refractivity contribution in [1.82, 2.24) is 10.0 Å². The van der Waals surface area contributed by atoms with E-state index in [-0.39, 0.29) is 4.21 Å². The Labute approximate surface area is 154 Å². The number of benzene rings is 1. The smallest absolute Gasteiger partial charge is 0.330 e. The SMILES string of the molecule is COc1ccc(C(NC(=O)C(C)NS(=O)(=O)c2cccs2)C(=O)O)cc1. The van der Waals surface area contributed by atoms with Gasteiger partial charge in [-0.05, 0) is 36.1 Å². The van der Waals surface area contributed by atoms with Crippen LogP contribution in [-0.4, -0.2) is 38.6 Å². The minimum Gasteiger partial charge on any atom is -0.497 e. The number of carbonyl (C=O) groups excluding carboxylic acids is 1. The Hall–Kier alpha value is -2.43. The minimum absolute atomic E-state index is 0.0714. The van der Waals surface area contributed by atoms with Gasteiger partial charge in [0.2, 0.25) is 5.91 Å². The Morgan fingerprint density at radius 1 is 1.19 bits per heavy atom. The van der Waals surface area contributed by atoms with Gasteiger partial charge < -0.3 is 15.2 Å². The summed E-state index contributed by atoms with van der Waals surface area (Å²) < 4.78 is 31.6. The van der Waals surface area contributed by atoms with E-state index in [9.17, 15) is 23.1 Å². The minimum atomic E-state index is -3.85. The van der Waals surface area contributed by atoms with Crippen molar-refractivity contribution in [3.63, 3.8) is 0 Å². The molecule has 2 rings (SSSR count). The highest BCUT2D eigenvalue weighted by Gasteiger charge is 2.27. The molecule has 140 valence electrons. The van der Waals surface area contributed by atoms with Crippen LogP contribution in [0.3, 0.4) is 0 Å². The van der Waals surface area contributed by atoms with Crippen LogP contribution in [0, 0.1) is 0 Å². The number of rotatable bonds is 8. The molecule has 0 aliphatic heterocycles. The Morgan fingerprint density at radius 2 is 1.85 bits per heavy atom. The predicted octanol–water partition coefficient (Wildman–Crippen LogP) is 1.37. The molecule has 2 aromatic rings. The quantitative estimate of drug-likeness (QED) is 0.617. The molecule has 0 aliphatic rings. The van der Waals surface area contributed by atoms with Crippen LogP contribution in [0.1, 0.15) is 18.5 Å². The number of aliphatic carboxylic acids is 1. The largest absolute Gasteiger partial charge is 0.497 e. The van der Waals surface area contributed by atoms with Crippen molar-refractivity contribution in [3.05, 3.63) is 47.3 Å².